The van der Waals surface area contributed by atoms with Gasteiger partial charge in [-0.2, -0.15) is 0 Å². The number of rotatable bonds is 10. The first kappa shape index (κ1) is 23.3. The highest BCUT2D eigenvalue weighted by Gasteiger charge is 2.20. The lowest BCUT2D eigenvalue weighted by Crippen LogP contribution is -2.29. The summed E-state index contributed by atoms with van der Waals surface area (Å²) in [6.45, 7) is 2.65. The minimum absolute atomic E-state index is 0.267. The van der Waals surface area contributed by atoms with E-state index in [1.54, 1.807) is 24.3 Å². The first-order valence-electron chi connectivity index (χ1n) is 11.6. The van der Waals surface area contributed by atoms with Crippen LogP contribution in [0, 0.1) is 12.0 Å². The molecule has 173 valence electrons. The van der Waals surface area contributed by atoms with Crippen molar-refractivity contribution in [3.8, 4) is 5.75 Å². The maximum Gasteiger partial charge on any atom is 0.261 e. The van der Waals surface area contributed by atoms with E-state index in [1.807, 2.05) is 42.5 Å². The second kappa shape index (κ2) is 11.3. The van der Waals surface area contributed by atoms with Gasteiger partial charge in [-0.1, -0.05) is 42.5 Å². The number of ether oxygens (including phenoxy) is 1. The lowest BCUT2D eigenvalue weighted by Gasteiger charge is -2.24. The van der Waals surface area contributed by atoms with Gasteiger partial charge in [-0.25, -0.2) is 8.42 Å². The maximum absolute atomic E-state index is 13.0. The van der Waals surface area contributed by atoms with Crippen LogP contribution in [0.25, 0.3) is 0 Å². The highest BCUT2D eigenvalue weighted by Crippen LogP contribution is 2.28. The van der Waals surface area contributed by atoms with Gasteiger partial charge in [0, 0.05) is 0 Å². The fraction of sp³-hybridized carbons (Fsp3) is 0.333. The van der Waals surface area contributed by atoms with Gasteiger partial charge in [0.05, 0.1) is 17.2 Å². The lowest BCUT2D eigenvalue weighted by molar-refractivity contribution is 0.310. The summed E-state index contributed by atoms with van der Waals surface area (Å²) < 4.78 is 34.7. The van der Waals surface area contributed by atoms with E-state index in [9.17, 15) is 8.42 Å². The Kier molecular flexibility index (Phi) is 8.02. The number of sulfonamides is 1. The van der Waals surface area contributed by atoms with Gasteiger partial charge in [0.2, 0.25) is 0 Å². The summed E-state index contributed by atoms with van der Waals surface area (Å²) in [5.74, 6) is 1.41. The Labute approximate surface area is 197 Å². The predicted molar refractivity (Wildman–Crippen MR) is 132 cm³/mol. The van der Waals surface area contributed by atoms with E-state index >= 15 is 0 Å². The van der Waals surface area contributed by atoms with E-state index < -0.39 is 10.0 Å². The van der Waals surface area contributed by atoms with Crippen LogP contribution in [-0.4, -0.2) is 28.1 Å². The molecule has 1 heterocycles. The number of hydrogen-bond acceptors (Lipinski definition) is 4. The monoisotopic (exact) mass is 463 g/mol. The summed E-state index contributed by atoms with van der Waals surface area (Å²) >= 11 is 0. The molecule has 3 aromatic rings. The van der Waals surface area contributed by atoms with Crippen LogP contribution in [0.15, 0.2) is 77.7 Å². The van der Waals surface area contributed by atoms with Crippen molar-refractivity contribution in [2.24, 2.45) is 5.92 Å². The molecule has 0 aromatic heterocycles. The van der Waals surface area contributed by atoms with Crippen LogP contribution < -0.4 is 14.8 Å². The number of hydrogen-bond donors (Lipinski definition) is 2. The topological polar surface area (TPSA) is 67.4 Å². The molecule has 0 atom stereocenters. The molecule has 0 bridgehead atoms. The molecule has 0 saturated carbocycles. The van der Waals surface area contributed by atoms with Crippen molar-refractivity contribution in [3.05, 3.63) is 90.0 Å². The summed E-state index contributed by atoms with van der Waals surface area (Å²) in [5.41, 5.74) is 2.96. The van der Waals surface area contributed by atoms with E-state index in [1.165, 1.54) is 5.56 Å². The Balaban J connectivity index is 1.53. The van der Waals surface area contributed by atoms with Gasteiger partial charge in [0.1, 0.15) is 5.75 Å². The van der Waals surface area contributed by atoms with Crippen LogP contribution in [0.1, 0.15) is 30.4 Å². The first-order chi connectivity index (χ1) is 16.1. The highest BCUT2D eigenvalue weighted by atomic mass is 32.2. The van der Waals surface area contributed by atoms with E-state index in [2.05, 4.69) is 22.2 Å². The van der Waals surface area contributed by atoms with Crippen molar-refractivity contribution < 1.29 is 13.2 Å². The molecule has 3 aromatic carbocycles. The molecular formula is C27H31N2O3S. The minimum atomic E-state index is -3.65. The van der Waals surface area contributed by atoms with Gasteiger partial charge < -0.3 is 10.1 Å². The average molecular weight is 464 g/mol. The fourth-order valence-corrected chi connectivity index (χ4v) is 5.44. The Hall–Kier alpha value is -2.83. The molecule has 5 nitrogen and oxygen atoms in total. The van der Waals surface area contributed by atoms with Crippen LogP contribution in [0.5, 0.6) is 5.75 Å². The maximum atomic E-state index is 13.0. The molecule has 33 heavy (non-hydrogen) atoms. The van der Waals surface area contributed by atoms with Gasteiger partial charge in [-0.05, 0) is 98.6 Å². The zero-order chi connectivity index (χ0) is 22.9. The van der Waals surface area contributed by atoms with E-state index in [0.29, 0.717) is 18.2 Å². The standard InChI is InChI=1S/C27H31N2O3S/c30-33(31,25-12-5-2-6-13-25)29-27-15-7-9-23(21-22-16-18-28-19-17-22)26(27)14-8-20-32-24-10-3-1-4-11-24/h1-3,5-7,9-13,15,22,28-29H,8,14,16-21H2. The molecule has 4 rings (SSSR count). The lowest BCUT2D eigenvalue weighted by atomic mass is 9.87. The van der Waals surface area contributed by atoms with Crippen LogP contribution >= 0.6 is 0 Å². The van der Waals surface area contributed by atoms with Gasteiger partial charge >= 0.3 is 0 Å². The molecular weight excluding hydrogens is 432 g/mol. The van der Waals surface area contributed by atoms with Gasteiger partial charge in [-0.15, -0.1) is 0 Å². The second-order valence-corrected chi connectivity index (χ2v) is 10.1. The zero-order valence-electron chi connectivity index (χ0n) is 18.8. The molecule has 1 saturated heterocycles. The smallest absolute Gasteiger partial charge is 0.261 e. The third kappa shape index (κ3) is 6.59. The molecule has 6 heteroatoms. The molecule has 0 spiro atoms. The van der Waals surface area contributed by atoms with Crippen molar-refractivity contribution in [3.63, 3.8) is 0 Å². The molecule has 1 aliphatic rings. The third-order valence-corrected chi connectivity index (χ3v) is 7.44. The van der Waals surface area contributed by atoms with Crippen LogP contribution in [0.4, 0.5) is 5.69 Å². The van der Waals surface area contributed by atoms with Gasteiger partial charge in [0.15, 0.2) is 0 Å². The largest absolute Gasteiger partial charge is 0.494 e. The summed E-state index contributed by atoms with van der Waals surface area (Å²) in [4.78, 5) is 0.267. The normalized spacial score (nSPS) is 14.7. The highest BCUT2D eigenvalue weighted by molar-refractivity contribution is 7.92. The third-order valence-electron chi connectivity index (χ3n) is 6.06. The summed E-state index contributed by atoms with van der Waals surface area (Å²) in [7, 11) is -3.65. The summed E-state index contributed by atoms with van der Waals surface area (Å²) in [5, 5.41) is 3.42. The molecule has 1 fully saturated rings. The minimum Gasteiger partial charge on any atom is -0.494 e. The van der Waals surface area contributed by atoms with Crippen LogP contribution in [-0.2, 0) is 22.9 Å². The van der Waals surface area contributed by atoms with Crippen molar-refractivity contribution in [1.29, 1.82) is 0 Å². The molecule has 1 radical (unpaired) electrons. The van der Waals surface area contributed by atoms with E-state index in [4.69, 9.17) is 4.74 Å². The van der Waals surface area contributed by atoms with Gasteiger partial charge in [-0.3, -0.25) is 4.72 Å². The Bertz CT molecular complexity index is 1110. The van der Waals surface area contributed by atoms with Crippen molar-refractivity contribution >= 4 is 15.7 Å². The molecule has 0 aliphatic carbocycles. The Morgan fingerprint density at radius 3 is 2.58 bits per heavy atom. The molecule has 2 N–H and O–H groups in total. The van der Waals surface area contributed by atoms with E-state index in [-0.39, 0.29) is 4.90 Å². The average Bonchev–Trinajstić information content (AvgIpc) is 2.85. The van der Waals surface area contributed by atoms with Crippen LogP contribution in [0.3, 0.4) is 0 Å². The van der Waals surface area contributed by atoms with E-state index in [0.717, 1.165) is 56.5 Å². The fourth-order valence-electron chi connectivity index (χ4n) is 4.32. The summed E-state index contributed by atoms with van der Waals surface area (Å²) in [6.07, 6.45) is 4.79. The number of piperidine rings is 1. The summed E-state index contributed by atoms with van der Waals surface area (Å²) in [6, 6.07) is 25.0. The Morgan fingerprint density at radius 1 is 1.00 bits per heavy atom. The number of anilines is 1. The second-order valence-electron chi connectivity index (χ2n) is 8.45. The van der Waals surface area contributed by atoms with Gasteiger partial charge in [0.25, 0.3) is 10.0 Å². The van der Waals surface area contributed by atoms with Crippen molar-refractivity contribution in [1.82, 2.24) is 5.32 Å². The zero-order valence-corrected chi connectivity index (χ0v) is 19.6. The quantitative estimate of drug-likeness (QED) is 0.422. The SMILES string of the molecule is O=S(=O)(Nc1cccc(CC2CCNCC2)c1CCCOc1c[c]ccc1)c1ccccc1. The molecule has 0 unspecified atom stereocenters. The molecule has 1 aliphatic heterocycles. The van der Waals surface area contributed by atoms with Crippen molar-refractivity contribution in [2.45, 2.75) is 37.0 Å². The number of benzene rings is 3. The predicted octanol–water partition coefficient (Wildman–Crippen LogP) is 4.84. The van der Waals surface area contributed by atoms with Crippen molar-refractivity contribution in [2.75, 3.05) is 24.4 Å². The Morgan fingerprint density at radius 2 is 1.82 bits per heavy atom. The molecule has 0 amide bonds. The number of nitrogens with one attached hydrogen (secondary N) is 2. The first-order valence-corrected chi connectivity index (χ1v) is 13.1. The van der Waals surface area contributed by atoms with Crippen LogP contribution in [0.2, 0.25) is 0 Å².